The smallest absolute Gasteiger partial charge is 0.235 e. The molecule has 0 unspecified atom stereocenters. The Morgan fingerprint density at radius 2 is 1.67 bits per heavy atom. The Kier molecular flexibility index (Phi) is 3.84. The summed E-state index contributed by atoms with van der Waals surface area (Å²) in [5.41, 5.74) is 6.63. The van der Waals surface area contributed by atoms with Crippen LogP contribution in [0.3, 0.4) is 0 Å². The number of nitrogens with two attached hydrogens (primary N) is 1. The first-order valence-corrected chi connectivity index (χ1v) is 8.81. The molecule has 0 radical (unpaired) electrons. The summed E-state index contributed by atoms with van der Waals surface area (Å²) in [6.45, 7) is 0.922. The molecule has 0 atom stereocenters. The summed E-state index contributed by atoms with van der Waals surface area (Å²) in [7, 11) is -3.41. The van der Waals surface area contributed by atoms with Gasteiger partial charge in [-0.25, -0.2) is 8.42 Å². The first-order valence-electron chi connectivity index (χ1n) is 7.27. The minimum absolute atomic E-state index is 0.334. The number of hydrogen-bond acceptors (Lipinski definition) is 5. The first kappa shape index (κ1) is 14.3. The van der Waals surface area contributed by atoms with Gasteiger partial charge in [0.05, 0.1) is 16.6 Å². The predicted octanol–water partition coefficient (Wildman–Crippen LogP) is 2.11. The van der Waals surface area contributed by atoms with Crippen molar-refractivity contribution in [2.24, 2.45) is 0 Å². The van der Waals surface area contributed by atoms with Crippen LogP contribution in [-0.2, 0) is 10.0 Å². The molecular formula is C14H20N2O4S. The fourth-order valence-corrected chi connectivity index (χ4v) is 4.41. The number of ether oxygens (including phenoxy) is 2. The average molecular weight is 312 g/mol. The van der Waals surface area contributed by atoms with E-state index in [9.17, 15) is 8.42 Å². The van der Waals surface area contributed by atoms with Crippen LogP contribution < -0.4 is 19.9 Å². The number of rotatable bonds is 3. The van der Waals surface area contributed by atoms with E-state index in [2.05, 4.69) is 4.72 Å². The lowest BCUT2D eigenvalue weighted by Crippen LogP contribution is -2.30. The average Bonchev–Trinajstić information content (AvgIpc) is 2.49. The minimum atomic E-state index is -3.41. The monoisotopic (exact) mass is 312 g/mol. The summed E-state index contributed by atoms with van der Waals surface area (Å²) < 4.78 is 38.4. The Hall–Kier alpha value is -1.63. The maximum absolute atomic E-state index is 12.4. The van der Waals surface area contributed by atoms with E-state index in [1.54, 1.807) is 12.1 Å². The van der Waals surface area contributed by atoms with Crippen molar-refractivity contribution in [3.8, 4) is 11.5 Å². The molecule has 1 fully saturated rings. The molecule has 1 aromatic carbocycles. The fraction of sp³-hybridized carbons (Fsp3) is 0.571. The Balaban J connectivity index is 1.83. The second-order valence-corrected chi connectivity index (χ2v) is 7.45. The van der Waals surface area contributed by atoms with Crippen LogP contribution in [0.1, 0.15) is 32.1 Å². The number of hydrogen-bond donors (Lipinski definition) is 2. The molecule has 0 aromatic heterocycles. The summed E-state index contributed by atoms with van der Waals surface area (Å²) in [6, 6.07) is 3.21. The van der Waals surface area contributed by atoms with E-state index in [0.29, 0.717) is 48.9 Å². The van der Waals surface area contributed by atoms with E-state index < -0.39 is 10.0 Å². The van der Waals surface area contributed by atoms with Gasteiger partial charge in [-0.05, 0) is 12.8 Å². The summed E-state index contributed by atoms with van der Waals surface area (Å²) in [5.74, 6) is 1.08. The molecule has 2 aliphatic rings. The van der Waals surface area contributed by atoms with Crippen LogP contribution in [0.15, 0.2) is 12.1 Å². The highest BCUT2D eigenvalue weighted by molar-refractivity contribution is 7.93. The van der Waals surface area contributed by atoms with Crippen molar-refractivity contribution >= 4 is 21.4 Å². The third-order valence-corrected chi connectivity index (χ3v) is 5.81. The molecule has 0 bridgehead atoms. The summed E-state index contributed by atoms with van der Waals surface area (Å²) in [4.78, 5) is 0. The zero-order valence-electron chi connectivity index (χ0n) is 11.8. The van der Waals surface area contributed by atoms with Gasteiger partial charge in [-0.2, -0.15) is 0 Å². The van der Waals surface area contributed by atoms with Crippen LogP contribution in [-0.4, -0.2) is 26.9 Å². The lowest BCUT2D eigenvalue weighted by Gasteiger charge is -2.24. The maximum Gasteiger partial charge on any atom is 0.235 e. The van der Waals surface area contributed by atoms with Crippen molar-refractivity contribution in [2.75, 3.05) is 23.7 Å². The van der Waals surface area contributed by atoms with Gasteiger partial charge in [0.25, 0.3) is 0 Å². The van der Waals surface area contributed by atoms with Crippen molar-refractivity contribution in [2.45, 2.75) is 37.4 Å². The third kappa shape index (κ3) is 3.02. The SMILES string of the molecule is Nc1cc2c(cc1NS(=O)(=O)C1CCCCC1)OCCO2. The summed E-state index contributed by atoms with van der Waals surface area (Å²) >= 11 is 0. The molecule has 1 aliphatic heterocycles. The molecule has 1 saturated carbocycles. The Morgan fingerprint density at radius 1 is 1.05 bits per heavy atom. The molecule has 0 spiro atoms. The quantitative estimate of drug-likeness (QED) is 0.834. The Morgan fingerprint density at radius 3 is 2.33 bits per heavy atom. The zero-order valence-corrected chi connectivity index (χ0v) is 12.6. The van der Waals surface area contributed by atoms with Gasteiger partial charge >= 0.3 is 0 Å². The fourth-order valence-electron chi connectivity index (χ4n) is 2.80. The molecule has 1 heterocycles. The Bertz CT molecular complexity index is 624. The number of nitrogens with one attached hydrogen (secondary N) is 1. The van der Waals surface area contributed by atoms with Gasteiger partial charge in [-0.1, -0.05) is 19.3 Å². The number of benzene rings is 1. The maximum atomic E-state index is 12.4. The highest BCUT2D eigenvalue weighted by atomic mass is 32.2. The third-order valence-electron chi connectivity index (χ3n) is 3.96. The van der Waals surface area contributed by atoms with Crippen molar-refractivity contribution in [3.05, 3.63) is 12.1 Å². The highest BCUT2D eigenvalue weighted by Crippen LogP contribution is 2.38. The number of nitrogen functional groups attached to an aromatic ring is 1. The molecule has 3 rings (SSSR count). The first-order chi connectivity index (χ1) is 10.1. The van der Waals surface area contributed by atoms with Crippen LogP contribution in [0, 0.1) is 0 Å². The van der Waals surface area contributed by atoms with E-state index in [1.807, 2.05) is 0 Å². The lowest BCUT2D eigenvalue weighted by atomic mass is 10.0. The summed E-state index contributed by atoms with van der Waals surface area (Å²) in [5, 5.41) is -0.334. The van der Waals surface area contributed by atoms with Crippen molar-refractivity contribution in [1.29, 1.82) is 0 Å². The molecule has 0 saturated heterocycles. The standard InChI is InChI=1S/C14H20N2O4S/c15-11-8-13-14(20-7-6-19-13)9-12(11)16-21(17,18)10-4-2-1-3-5-10/h8-10,16H,1-7,15H2. The predicted molar refractivity (Wildman–Crippen MR) is 81.3 cm³/mol. The van der Waals surface area contributed by atoms with Crippen molar-refractivity contribution in [1.82, 2.24) is 0 Å². The molecule has 7 heteroatoms. The molecule has 1 aromatic rings. The molecule has 21 heavy (non-hydrogen) atoms. The largest absolute Gasteiger partial charge is 0.486 e. The lowest BCUT2D eigenvalue weighted by molar-refractivity contribution is 0.172. The van der Waals surface area contributed by atoms with Gasteiger partial charge in [0.1, 0.15) is 13.2 Å². The van der Waals surface area contributed by atoms with Crippen LogP contribution in [0.2, 0.25) is 0 Å². The molecule has 1 aliphatic carbocycles. The normalized spacial score (nSPS) is 19.2. The molecule has 0 amide bonds. The second kappa shape index (κ2) is 5.63. The highest BCUT2D eigenvalue weighted by Gasteiger charge is 2.28. The summed E-state index contributed by atoms with van der Waals surface area (Å²) in [6.07, 6.45) is 4.45. The van der Waals surface area contributed by atoms with Crippen molar-refractivity contribution in [3.63, 3.8) is 0 Å². The van der Waals surface area contributed by atoms with Gasteiger partial charge in [0.2, 0.25) is 10.0 Å². The van der Waals surface area contributed by atoms with Crippen molar-refractivity contribution < 1.29 is 17.9 Å². The van der Waals surface area contributed by atoms with Gasteiger partial charge in [-0.15, -0.1) is 0 Å². The van der Waals surface area contributed by atoms with E-state index in [0.717, 1.165) is 19.3 Å². The molecular weight excluding hydrogens is 292 g/mol. The molecule has 6 nitrogen and oxygen atoms in total. The van der Waals surface area contributed by atoms with Crippen LogP contribution in [0.25, 0.3) is 0 Å². The Labute approximate surface area is 124 Å². The zero-order chi connectivity index (χ0) is 14.9. The van der Waals surface area contributed by atoms with Gasteiger partial charge in [-0.3, -0.25) is 4.72 Å². The minimum Gasteiger partial charge on any atom is -0.486 e. The van der Waals surface area contributed by atoms with Crippen LogP contribution in [0.5, 0.6) is 11.5 Å². The topological polar surface area (TPSA) is 90.7 Å². The van der Waals surface area contributed by atoms with Crippen LogP contribution in [0.4, 0.5) is 11.4 Å². The van der Waals surface area contributed by atoms with E-state index >= 15 is 0 Å². The van der Waals surface area contributed by atoms with Crippen LogP contribution >= 0.6 is 0 Å². The van der Waals surface area contributed by atoms with Gasteiger partial charge < -0.3 is 15.2 Å². The van der Waals surface area contributed by atoms with Gasteiger partial charge in [0, 0.05) is 12.1 Å². The number of anilines is 2. The number of fused-ring (bicyclic) bond motifs is 1. The van der Waals surface area contributed by atoms with E-state index in [1.165, 1.54) is 0 Å². The number of sulfonamides is 1. The van der Waals surface area contributed by atoms with Gasteiger partial charge in [0.15, 0.2) is 11.5 Å². The molecule has 116 valence electrons. The second-order valence-electron chi connectivity index (χ2n) is 5.49. The van der Waals surface area contributed by atoms with E-state index in [4.69, 9.17) is 15.2 Å². The van der Waals surface area contributed by atoms with E-state index in [-0.39, 0.29) is 5.25 Å². The molecule has 3 N–H and O–H groups in total.